The van der Waals surface area contributed by atoms with Gasteiger partial charge in [0.1, 0.15) is 6.10 Å². The number of nitrogens with one attached hydrogen (secondary N) is 2. The molecule has 0 spiro atoms. The zero-order chi connectivity index (χ0) is 17.9. The van der Waals surface area contributed by atoms with E-state index in [2.05, 4.69) is 20.6 Å². The number of aromatic nitrogens is 1. The van der Waals surface area contributed by atoms with Crippen molar-refractivity contribution < 1.29 is 9.13 Å². The zero-order valence-electron chi connectivity index (χ0n) is 15.1. The van der Waals surface area contributed by atoms with Gasteiger partial charge in [0.25, 0.3) is 0 Å². The summed E-state index contributed by atoms with van der Waals surface area (Å²) in [4.78, 5) is 8.61. The van der Waals surface area contributed by atoms with E-state index in [4.69, 9.17) is 4.74 Å². The smallest absolute Gasteiger partial charge is 0.191 e. The molecule has 0 aliphatic heterocycles. The van der Waals surface area contributed by atoms with Gasteiger partial charge in [-0.15, -0.1) is 24.0 Å². The summed E-state index contributed by atoms with van der Waals surface area (Å²) in [6.07, 6.45) is 4.25. The van der Waals surface area contributed by atoms with Crippen molar-refractivity contribution in [1.29, 1.82) is 0 Å². The number of ether oxygens (including phenoxy) is 1. The topological polar surface area (TPSA) is 58.5 Å². The monoisotopic (exact) mass is 472 g/mol. The van der Waals surface area contributed by atoms with Gasteiger partial charge in [0, 0.05) is 25.5 Å². The van der Waals surface area contributed by atoms with Crippen LogP contribution < -0.4 is 15.4 Å². The molecule has 0 amide bonds. The van der Waals surface area contributed by atoms with Crippen LogP contribution in [0.4, 0.5) is 4.39 Å². The third-order valence-electron chi connectivity index (χ3n) is 3.44. The first kappa shape index (κ1) is 22.1. The van der Waals surface area contributed by atoms with Gasteiger partial charge in [-0.1, -0.05) is 18.2 Å². The highest BCUT2D eigenvalue weighted by molar-refractivity contribution is 14.0. The summed E-state index contributed by atoms with van der Waals surface area (Å²) < 4.78 is 19.2. The second kappa shape index (κ2) is 12.5. The van der Waals surface area contributed by atoms with Gasteiger partial charge in [0.15, 0.2) is 17.5 Å². The van der Waals surface area contributed by atoms with Crippen molar-refractivity contribution in [2.45, 2.75) is 26.4 Å². The fraction of sp³-hybridized carbons (Fsp3) is 0.368. The van der Waals surface area contributed by atoms with Crippen molar-refractivity contribution in [3.8, 4) is 5.75 Å². The molecule has 26 heavy (non-hydrogen) atoms. The molecule has 7 heteroatoms. The Morgan fingerprint density at radius 3 is 2.73 bits per heavy atom. The Labute approximate surface area is 171 Å². The normalized spacial score (nSPS) is 12.0. The Balaban J connectivity index is 0.00000338. The number of rotatable bonds is 8. The molecule has 0 saturated carbocycles. The third kappa shape index (κ3) is 7.99. The molecular formula is C19H26FIN4O. The summed E-state index contributed by atoms with van der Waals surface area (Å²) in [6, 6.07) is 10.4. The van der Waals surface area contributed by atoms with Crippen LogP contribution in [0.3, 0.4) is 0 Å². The van der Waals surface area contributed by atoms with Crippen LogP contribution in [0.2, 0.25) is 0 Å². The maximum absolute atomic E-state index is 13.6. The zero-order valence-corrected chi connectivity index (χ0v) is 17.4. The van der Waals surface area contributed by atoms with E-state index in [0.29, 0.717) is 6.54 Å². The fourth-order valence-electron chi connectivity index (χ4n) is 2.23. The molecule has 142 valence electrons. The number of hydrogen-bond donors (Lipinski definition) is 2. The summed E-state index contributed by atoms with van der Waals surface area (Å²) in [6.45, 7) is 5.82. The molecule has 0 radical (unpaired) electrons. The minimum absolute atomic E-state index is 0. The number of hydrogen-bond acceptors (Lipinski definition) is 3. The predicted molar refractivity (Wildman–Crippen MR) is 114 cm³/mol. The van der Waals surface area contributed by atoms with E-state index in [-0.39, 0.29) is 41.6 Å². The van der Waals surface area contributed by atoms with Crippen LogP contribution >= 0.6 is 24.0 Å². The highest BCUT2D eigenvalue weighted by Crippen LogP contribution is 2.16. The number of guanidine groups is 1. The average Bonchev–Trinajstić information content (AvgIpc) is 2.62. The van der Waals surface area contributed by atoms with Crippen LogP contribution in [0.1, 0.15) is 19.4 Å². The number of aliphatic imine (C=N–C) groups is 1. The fourth-order valence-corrected chi connectivity index (χ4v) is 2.23. The molecule has 0 bridgehead atoms. The molecule has 5 nitrogen and oxygen atoms in total. The highest BCUT2D eigenvalue weighted by atomic mass is 127. The first-order chi connectivity index (χ1) is 12.2. The van der Waals surface area contributed by atoms with Crippen LogP contribution in [-0.4, -0.2) is 36.7 Å². The summed E-state index contributed by atoms with van der Waals surface area (Å²) in [5.74, 6) is 0.606. The lowest BCUT2D eigenvalue weighted by Crippen LogP contribution is -2.39. The molecule has 0 aliphatic carbocycles. The second-order valence-corrected chi connectivity index (χ2v) is 5.62. The van der Waals surface area contributed by atoms with Crippen LogP contribution in [0.15, 0.2) is 53.8 Å². The molecule has 2 N–H and O–H groups in total. The van der Waals surface area contributed by atoms with Gasteiger partial charge in [-0.3, -0.25) is 4.98 Å². The Morgan fingerprint density at radius 2 is 2.04 bits per heavy atom. The van der Waals surface area contributed by atoms with Gasteiger partial charge in [-0.05, 0) is 44.0 Å². The van der Waals surface area contributed by atoms with E-state index in [1.165, 1.54) is 11.6 Å². The van der Waals surface area contributed by atoms with E-state index < -0.39 is 0 Å². The largest absolute Gasteiger partial charge is 0.486 e. The number of para-hydroxylation sites is 1. The minimum atomic E-state index is -0.361. The van der Waals surface area contributed by atoms with Crippen LogP contribution in [0, 0.1) is 5.82 Å². The van der Waals surface area contributed by atoms with Crippen LogP contribution in [0.25, 0.3) is 0 Å². The number of nitrogens with zero attached hydrogens (tertiary/aromatic N) is 2. The van der Waals surface area contributed by atoms with Crippen molar-refractivity contribution in [2.24, 2.45) is 4.99 Å². The molecule has 1 aromatic carbocycles. The Morgan fingerprint density at radius 1 is 1.23 bits per heavy atom. The molecule has 2 aromatic rings. The van der Waals surface area contributed by atoms with Gasteiger partial charge in [0.05, 0.1) is 6.54 Å². The van der Waals surface area contributed by atoms with Crippen molar-refractivity contribution in [1.82, 2.24) is 15.6 Å². The van der Waals surface area contributed by atoms with Crippen molar-refractivity contribution in [3.05, 3.63) is 60.2 Å². The van der Waals surface area contributed by atoms with Gasteiger partial charge in [-0.25, -0.2) is 9.38 Å². The van der Waals surface area contributed by atoms with Crippen LogP contribution in [-0.2, 0) is 6.42 Å². The first-order valence-corrected chi connectivity index (χ1v) is 8.51. The standard InChI is InChI=1S/C19H25FN4O.HI/c1-3-22-19(23-12-10-16-7-6-11-21-14-16)24-13-15(2)25-18-9-5-4-8-17(18)20;/h4-9,11,14-15H,3,10,12-13H2,1-2H3,(H2,22,23,24);1H. The summed E-state index contributed by atoms with van der Waals surface area (Å²) in [5.41, 5.74) is 1.17. The molecule has 1 unspecified atom stereocenters. The molecule has 0 aliphatic rings. The number of halogens is 2. The van der Waals surface area contributed by atoms with E-state index in [0.717, 1.165) is 25.5 Å². The van der Waals surface area contributed by atoms with Gasteiger partial charge in [0.2, 0.25) is 0 Å². The van der Waals surface area contributed by atoms with E-state index in [1.54, 1.807) is 24.4 Å². The average molecular weight is 472 g/mol. The summed E-state index contributed by atoms with van der Waals surface area (Å²) >= 11 is 0. The Bertz CT molecular complexity index is 670. The summed E-state index contributed by atoms with van der Waals surface area (Å²) in [5, 5.41) is 6.47. The molecule has 0 fully saturated rings. The van der Waals surface area contributed by atoms with Crippen molar-refractivity contribution in [2.75, 3.05) is 19.6 Å². The van der Waals surface area contributed by atoms with Crippen molar-refractivity contribution in [3.63, 3.8) is 0 Å². The first-order valence-electron chi connectivity index (χ1n) is 8.51. The summed E-state index contributed by atoms with van der Waals surface area (Å²) in [7, 11) is 0. The quantitative estimate of drug-likeness (QED) is 0.352. The Hall–Kier alpha value is -1.90. The van der Waals surface area contributed by atoms with Gasteiger partial charge in [-0.2, -0.15) is 0 Å². The Kier molecular flexibility index (Phi) is 10.6. The lowest BCUT2D eigenvalue weighted by Gasteiger charge is -2.15. The molecule has 1 heterocycles. The lowest BCUT2D eigenvalue weighted by atomic mass is 10.2. The van der Waals surface area contributed by atoms with E-state index in [9.17, 15) is 4.39 Å². The van der Waals surface area contributed by atoms with Gasteiger partial charge < -0.3 is 15.4 Å². The third-order valence-corrected chi connectivity index (χ3v) is 3.44. The number of benzene rings is 1. The van der Waals surface area contributed by atoms with Crippen molar-refractivity contribution >= 4 is 29.9 Å². The number of pyridine rings is 1. The van der Waals surface area contributed by atoms with Crippen LogP contribution in [0.5, 0.6) is 5.75 Å². The predicted octanol–water partition coefficient (Wildman–Crippen LogP) is 3.40. The second-order valence-electron chi connectivity index (χ2n) is 5.62. The maximum atomic E-state index is 13.6. The SMILES string of the molecule is CCNC(=NCC(C)Oc1ccccc1F)NCCc1cccnc1.I. The van der Waals surface area contributed by atoms with E-state index in [1.807, 2.05) is 32.2 Å². The molecule has 1 aromatic heterocycles. The lowest BCUT2D eigenvalue weighted by molar-refractivity contribution is 0.220. The molecule has 2 rings (SSSR count). The molecular weight excluding hydrogens is 446 g/mol. The van der Waals surface area contributed by atoms with E-state index >= 15 is 0 Å². The highest BCUT2D eigenvalue weighted by Gasteiger charge is 2.08. The molecule has 0 saturated heterocycles. The van der Waals surface area contributed by atoms with Gasteiger partial charge >= 0.3 is 0 Å². The maximum Gasteiger partial charge on any atom is 0.191 e. The minimum Gasteiger partial charge on any atom is -0.486 e. The molecule has 1 atom stereocenters.